The van der Waals surface area contributed by atoms with Crippen molar-refractivity contribution in [2.24, 2.45) is 17.6 Å². The first kappa shape index (κ1) is 19.8. The molecule has 0 bridgehead atoms. The molecule has 2 atom stereocenters. The van der Waals surface area contributed by atoms with E-state index in [1.807, 2.05) is 4.90 Å². The SMILES string of the molecule is COc1ccc(C(=O)N[C@H]2CN(CC(N)=O)C[C@@H]2C2CC2)cc1Cl.Cl. The summed E-state index contributed by atoms with van der Waals surface area (Å²) in [4.78, 5) is 25.7. The Kier molecular flexibility index (Phi) is 6.54. The first-order valence-corrected chi connectivity index (χ1v) is 8.50. The number of halogens is 2. The minimum absolute atomic E-state index is 0. The predicted octanol–water partition coefficient (Wildman–Crippen LogP) is 1.70. The first-order valence-electron chi connectivity index (χ1n) is 8.13. The smallest absolute Gasteiger partial charge is 0.251 e. The topological polar surface area (TPSA) is 84.7 Å². The highest BCUT2D eigenvalue weighted by Crippen LogP contribution is 2.41. The van der Waals surface area contributed by atoms with Crippen LogP contribution in [-0.4, -0.2) is 49.5 Å². The van der Waals surface area contributed by atoms with Crippen molar-refractivity contribution in [1.82, 2.24) is 10.2 Å². The van der Waals surface area contributed by atoms with Crippen LogP contribution in [-0.2, 0) is 4.79 Å². The Bertz CT molecular complexity index is 652. The van der Waals surface area contributed by atoms with Crippen molar-refractivity contribution < 1.29 is 14.3 Å². The standard InChI is InChI=1S/C17H22ClN3O3.ClH/c1-24-15-5-4-11(6-13(15)18)17(23)20-14-8-21(9-16(19)22)7-12(14)10-2-3-10;/h4-6,10,12,14H,2-3,7-9H2,1H3,(H2,19,22)(H,20,23);1H/t12-,14+;/m1./s1. The highest BCUT2D eigenvalue weighted by Gasteiger charge is 2.43. The maximum Gasteiger partial charge on any atom is 0.251 e. The average molecular weight is 388 g/mol. The van der Waals surface area contributed by atoms with Crippen molar-refractivity contribution in [2.75, 3.05) is 26.7 Å². The van der Waals surface area contributed by atoms with Crippen molar-refractivity contribution in [3.8, 4) is 5.75 Å². The van der Waals surface area contributed by atoms with Crippen LogP contribution in [0.15, 0.2) is 18.2 Å². The van der Waals surface area contributed by atoms with Gasteiger partial charge in [0.1, 0.15) is 5.75 Å². The number of rotatable bonds is 6. The summed E-state index contributed by atoms with van der Waals surface area (Å²) in [5.74, 6) is 1.06. The molecule has 2 aliphatic rings. The molecule has 0 radical (unpaired) electrons. The van der Waals surface area contributed by atoms with Crippen LogP contribution in [0.5, 0.6) is 5.75 Å². The summed E-state index contributed by atoms with van der Waals surface area (Å²) in [5, 5.41) is 3.51. The van der Waals surface area contributed by atoms with Gasteiger partial charge < -0.3 is 15.8 Å². The molecule has 3 rings (SSSR count). The van der Waals surface area contributed by atoms with Crippen LogP contribution in [0.4, 0.5) is 0 Å². The molecule has 3 N–H and O–H groups in total. The van der Waals surface area contributed by atoms with E-state index in [2.05, 4.69) is 5.32 Å². The van der Waals surface area contributed by atoms with E-state index in [0.29, 0.717) is 34.7 Å². The fourth-order valence-electron chi connectivity index (χ4n) is 3.48. The van der Waals surface area contributed by atoms with Gasteiger partial charge in [-0.1, -0.05) is 11.6 Å². The lowest BCUT2D eigenvalue weighted by Gasteiger charge is -2.19. The molecule has 25 heavy (non-hydrogen) atoms. The van der Waals surface area contributed by atoms with Crippen LogP contribution in [0.25, 0.3) is 0 Å². The number of carbonyl (C=O) groups is 2. The Balaban J connectivity index is 0.00000225. The number of amides is 2. The summed E-state index contributed by atoms with van der Waals surface area (Å²) >= 11 is 6.10. The monoisotopic (exact) mass is 387 g/mol. The number of benzene rings is 1. The Morgan fingerprint density at radius 1 is 1.36 bits per heavy atom. The molecule has 1 aromatic carbocycles. The van der Waals surface area contributed by atoms with Crippen LogP contribution in [0.1, 0.15) is 23.2 Å². The minimum Gasteiger partial charge on any atom is -0.495 e. The molecule has 1 aromatic rings. The maximum absolute atomic E-state index is 12.5. The Labute approximate surface area is 158 Å². The normalized spacial score (nSPS) is 23.0. The second-order valence-corrected chi connectivity index (χ2v) is 7.00. The van der Waals surface area contributed by atoms with E-state index in [0.717, 1.165) is 6.54 Å². The van der Waals surface area contributed by atoms with Gasteiger partial charge in [0.05, 0.1) is 18.7 Å². The number of primary amides is 1. The van der Waals surface area contributed by atoms with Gasteiger partial charge in [-0.3, -0.25) is 14.5 Å². The van der Waals surface area contributed by atoms with E-state index < -0.39 is 0 Å². The molecule has 8 heteroatoms. The highest BCUT2D eigenvalue weighted by molar-refractivity contribution is 6.32. The first-order chi connectivity index (χ1) is 11.5. The van der Waals surface area contributed by atoms with Crippen molar-refractivity contribution in [1.29, 1.82) is 0 Å². The molecule has 2 fully saturated rings. The summed E-state index contributed by atoms with van der Waals surface area (Å²) in [6.07, 6.45) is 2.38. The highest BCUT2D eigenvalue weighted by atomic mass is 35.5. The fourth-order valence-corrected chi connectivity index (χ4v) is 3.73. The van der Waals surface area contributed by atoms with Crippen LogP contribution in [0.3, 0.4) is 0 Å². The van der Waals surface area contributed by atoms with Crippen LogP contribution < -0.4 is 15.8 Å². The predicted molar refractivity (Wildman–Crippen MR) is 98.4 cm³/mol. The number of carbonyl (C=O) groups excluding carboxylic acids is 2. The largest absolute Gasteiger partial charge is 0.495 e. The van der Waals surface area contributed by atoms with Crippen molar-refractivity contribution in [2.45, 2.75) is 18.9 Å². The second-order valence-electron chi connectivity index (χ2n) is 6.59. The zero-order valence-electron chi connectivity index (χ0n) is 14.0. The van der Waals surface area contributed by atoms with Gasteiger partial charge in [0.15, 0.2) is 0 Å². The van der Waals surface area contributed by atoms with E-state index in [-0.39, 0.29) is 36.8 Å². The number of likely N-dealkylation sites (tertiary alicyclic amines) is 1. The van der Waals surface area contributed by atoms with Gasteiger partial charge >= 0.3 is 0 Å². The summed E-state index contributed by atoms with van der Waals surface area (Å²) in [6, 6.07) is 5.02. The number of methoxy groups -OCH3 is 1. The lowest BCUT2D eigenvalue weighted by molar-refractivity contribution is -0.118. The molecule has 1 heterocycles. The van der Waals surface area contributed by atoms with Gasteiger partial charge in [-0.05, 0) is 42.9 Å². The Morgan fingerprint density at radius 3 is 2.64 bits per heavy atom. The molecule has 1 aliphatic carbocycles. The summed E-state index contributed by atoms with van der Waals surface area (Å²) in [6.45, 7) is 1.70. The van der Waals surface area contributed by atoms with Crippen molar-refractivity contribution in [3.05, 3.63) is 28.8 Å². The third kappa shape index (κ3) is 4.77. The van der Waals surface area contributed by atoms with Crippen molar-refractivity contribution in [3.63, 3.8) is 0 Å². The van der Waals surface area contributed by atoms with Gasteiger partial charge in [-0.2, -0.15) is 0 Å². The number of hydrogen-bond acceptors (Lipinski definition) is 4. The molecule has 2 amide bonds. The van der Waals surface area contributed by atoms with Gasteiger partial charge in [-0.15, -0.1) is 12.4 Å². The molecule has 0 spiro atoms. The van der Waals surface area contributed by atoms with Crippen LogP contribution in [0.2, 0.25) is 5.02 Å². The van der Waals surface area contributed by atoms with Gasteiger partial charge in [0.25, 0.3) is 5.91 Å². The van der Waals surface area contributed by atoms with Crippen LogP contribution in [0, 0.1) is 11.8 Å². The number of hydrogen-bond donors (Lipinski definition) is 2. The summed E-state index contributed by atoms with van der Waals surface area (Å²) in [7, 11) is 1.53. The molecule has 6 nitrogen and oxygen atoms in total. The molecule has 1 aliphatic heterocycles. The van der Waals surface area contributed by atoms with E-state index in [1.54, 1.807) is 18.2 Å². The molecular formula is C17H23Cl2N3O3. The third-order valence-corrected chi connectivity index (χ3v) is 5.07. The van der Waals surface area contributed by atoms with Crippen LogP contribution >= 0.6 is 24.0 Å². The second kappa shape index (κ2) is 8.25. The lowest BCUT2D eigenvalue weighted by atomic mass is 9.98. The van der Waals surface area contributed by atoms with Gasteiger partial charge in [0, 0.05) is 24.7 Å². The fraction of sp³-hybridized carbons (Fsp3) is 0.529. The van der Waals surface area contributed by atoms with Crippen molar-refractivity contribution >= 4 is 35.8 Å². The molecule has 0 aromatic heterocycles. The molecule has 1 saturated heterocycles. The Hall–Kier alpha value is -1.50. The third-order valence-electron chi connectivity index (χ3n) is 4.78. The van der Waals surface area contributed by atoms with Gasteiger partial charge in [-0.25, -0.2) is 0 Å². The molecule has 1 saturated carbocycles. The van der Waals surface area contributed by atoms with E-state index >= 15 is 0 Å². The number of nitrogens with two attached hydrogens (primary N) is 1. The maximum atomic E-state index is 12.5. The zero-order chi connectivity index (χ0) is 17.3. The molecule has 0 unspecified atom stereocenters. The number of nitrogens with zero attached hydrogens (tertiary/aromatic N) is 1. The zero-order valence-corrected chi connectivity index (χ0v) is 15.6. The summed E-state index contributed by atoms with van der Waals surface area (Å²) < 4.78 is 5.11. The average Bonchev–Trinajstić information content (AvgIpc) is 3.30. The minimum atomic E-state index is -0.335. The summed E-state index contributed by atoms with van der Waals surface area (Å²) in [5.41, 5.74) is 5.80. The quantitative estimate of drug-likeness (QED) is 0.777. The number of nitrogens with one attached hydrogen (secondary N) is 1. The van der Waals surface area contributed by atoms with Gasteiger partial charge in [0.2, 0.25) is 5.91 Å². The molecule has 138 valence electrons. The van der Waals surface area contributed by atoms with E-state index in [1.165, 1.54) is 20.0 Å². The van der Waals surface area contributed by atoms with E-state index in [9.17, 15) is 9.59 Å². The lowest BCUT2D eigenvalue weighted by Crippen LogP contribution is -2.41. The number of ether oxygens (including phenoxy) is 1. The Morgan fingerprint density at radius 2 is 2.08 bits per heavy atom. The van der Waals surface area contributed by atoms with E-state index in [4.69, 9.17) is 22.1 Å². The molecular weight excluding hydrogens is 365 g/mol.